The molecule has 0 aromatic heterocycles. The molecule has 3 nitrogen and oxygen atoms in total. The van der Waals surface area contributed by atoms with Crippen LogP contribution in [0.5, 0.6) is 5.75 Å². The summed E-state index contributed by atoms with van der Waals surface area (Å²) in [5, 5.41) is 0. The molecule has 0 fully saturated rings. The van der Waals surface area contributed by atoms with Crippen molar-refractivity contribution in [2.45, 2.75) is 18.2 Å². The molecule has 0 aliphatic rings. The first-order valence-electron chi connectivity index (χ1n) is 6.59. The van der Waals surface area contributed by atoms with Crippen molar-refractivity contribution in [3.63, 3.8) is 0 Å². The van der Waals surface area contributed by atoms with E-state index in [0.717, 1.165) is 22.6 Å². The standard InChI is InChI=1S/C16H19NO2S/c1-13-8-9-14(17)12-16(13)20(18)11-5-10-19-15-6-3-2-4-7-15/h2-4,6-9,12H,5,10-11,17H2,1H3. The highest BCUT2D eigenvalue weighted by Gasteiger charge is 2.07. The molecule has 0 saturated carbocycles. The van der Waals surface area contributed by atoms with Gasteiger partial charge < -0.3 is 10.5 Å². The van der Waals surface area contributed by atoms with Crippen LogP contribution < -0.4 is 10.5 Å². The van der Waals surface area contributed by atoms with Crippen LogP contribution in [0.1, 0.15) is 12.0 Å². The highest BCUT2D eigenvalue weighted by atomic mass is 32.2. The minimum Gasteiger partial charge on any atom is -0.494 e. The molecule has 2 aromatic carbocycles. The molecule has 0 aliphatic heterocycles. The number of rotatable bonds is 6. The van der Waals surface area contributed by atoms with Crippen LogP contribution in [0.25, 0.3) is 0 Å². The summed E-state index contributed by atoms with van der Waals surface area (Å²) in [6.07, 6.45) is 0.746. The van der Waals surface area contributed by atoms with Crippen LogP contribution in [-0.4, -0.2) is 16.6 Å². The maximum atomic E-state index is 12.2. The molecule has 2 N–H and O–H groups in total. The fourth-order valence-corrected chi connectivity index (χ4v) is 3.16. The Morgan fingerprint density at radius 2 is 1.90 bits per heavy atom. The van der Waals surface area contributed by atoms with E-state index < -0.39 is 10.8 Å². The van der Waals surface area contributed by atoms with Crippen LogP contribution in [-0.2, 0) is 10.8 Å². The summed E-state index contributed by atoms with van der Waals surface area (Å²) >= 11 is 0. The summed E-state index contributed by atoms with van der Waals surface area (Å²) in [7, 11) is -1.02. The van der Waals surface area contributed by atoms with E-state index in [1.165, 1.54) is 0 Å². The van der Waals surface area contributed by atoms with Crippen LogP contribution in [0.15, 0.2) is 53.4 Å². The lowest BCUT2D eigenvalue weighted by molar-refractivity contribution is 0.318. The molecule has 0 heterocycles. The topological polar surface area (TPSA) is 52.3 Å². The number of nitrogens with two attached hydrogens (primary N) is 1. The summed E-state index contributed by atoms with van der Waals surface area (Å²) in [5.74, 6) is 1.43. The van der Waals surface area contributed by atoms with Gasteiger partial charge in [0.25, 0.3) is 0 Å². The van der Waals surface area contributed by atoms with Crippen molar-refractivity contribution in [2.24, 2.45) is 0 Å². The largest absolute Gasteiger partial charge is 0.494 e. The molecule has 0 amide bonds. The van der Waals surface area contributed by atoms with E-state index in [-0.39, 0.29) is 0 Å². The minimum absolute atomic E-state index is 0.567. The van der Waals surface area contributed by atoms with Gasteiger partial charge in [-0.05, 0) is 43.2 Å². The Morgan fingerprint density at radius 1 is 1.15 bits per heavy atom. The summed E-state index contributed by atoms with van der Waals surface area (Å²) in [4.78, 5) is 0.824. The van der Waals surface area contributed by atoms with Crippen molar-refractivity contribution in [1.82, 2.24) is 0 Å². The Hall–Kier alpha value is -1.81. The van der Waals surface area contributed by atoms with Gasteiger partial charge in [-0.3, -0.25) is 4.21 Å². The van der Waals surface area contributed by atoms with Crippen molar-refractivity contribution < 1.29 is 8.95 Å². The predicted octanol–water partition coefficient (Wildman–Crippen LogP) is 3.15. The average Bonchev–Trinajstić information content (AvgIpc) is 2.47. The van der Waals surface area contributed by atoms with Crippen molar-refractivity contribution in [2.75, 3.05) is 18.1 Å². The number of hydrogen-bond donors (Lipinski definition) is 1. The average molecular weight is 289 g/mol. The van der Waals surface area contributed by atoms with Crippen molar-refractivity contribution in [1.29, 1.82) is 0 Å². The number of nitrogen functional groups attached to an aromatic ring is 1. The van der Waals surface area contributed by atoms with E-state index in [0.29, 0.717) is 18.0 Å². The molecular weight excluding hydrogens is 270 g/mol. The van der Waals surface area contributed by atoms with Gasteiger partial charge in [0.15, 0.2) is 0 Å². The molecule has 0 bridgehead atoms. The Bertz CT molecular complexity index is 584. The molecule has 1 atom stereocenters. The van der Waals surface area contributed by atoms with Crippen molar-refractivity contribution >= 4 is 16.5 Å². The van der Waals surface area contributed by atoms with Gasteiger partial charge >= 0.3 is 0 Å². The molecule has 0 spiro atoms. The second kappa shape index (κ2) is 7.10. The highest BCUT2D eigenvalue weighted by Crippen LogP contribution is 2.17. The van der Waals surface area contributed by atoms with Crippen molar-refractivity contribution in [3.05, 3.63) is 54.1 Å². The molecule has 2 aromatic rings. The Morgan fingerprint density at radius 3 is 2.65 bits per heavy atom. The van der Waals surface area contributed by atoms with Gasteiger partial charge in [-0.2, -0.15) is 0 Å². The SMILES string of the molecule is Cc1ccc(N)cc1S(=O)CCCOc1ccccc1. The van der Waals surface area contributed by atoms with Gasteiger partial charge in [-0.15, -0.1) is 0 Å². The highest BCUT2D eigenvalue weighted by molar-refractivity contribution is 7.85. The summed E-state index contributed by atoms with van der Waals surface area (Å²) in [5.41, 5.74) is 7.40. The molecular formula is C16H19NO2S. The third-order valence-corrected chi connectivity index (χ3v) is 4.53. The maximum absolute atomic E-state index is 12.2. The number of anilines is 1. The van der Waals surface area contributed by atoms with Crippen LogP contribution >= 0.6 is 0 Å². The van der Waals surface area contributed by atoms with E-state index in [1.807, 2.05) is 49.4 Å². The summed E-state index contributed by atoms with van der Waals surface area (Å²) in [6.45, 7) is 2.52. The first-order valence-corrected chi connectivity index (χ1v) is 7.91. The number of para-hydroxylation sites is 1. The van der Waals surface area contributed by atoms with E-state index in [9.17, 15) is 4.21 Å². The fourth-order valence-electron chi connectivity index (χ4n) is 1.87. The third kappa shape index (κ3) is 4.10. The zero-order valence-electron chi connectivity index (χ0n) is 11.5. The van der Waals surface area contributed by atoms with Crippen LogP contribution in [0.3, 0.4) is 0 Å². The minimum atomic E-state index is -1.02. The van der Waals surface area contributed by atoms with Gasteiger partial charge in [0.05, 0.1) is 17.4 Å². The van der Waals surface area contributed by atoms with Gasteiger partial charge in [0, 0.05) is 16.3 Å². The smallest absolute Gasteiger partial charge is 0.119 e. The normalized spacial score (nSPS) is 12.1. The number of benzene rings is 2. The molecule has 0 aliphatic carbocycles. The molecule has 0 saturated heterocycles. The third-order valence-electron chi connectivity index (χ3n) is 2.94. The summed E-state index contributed by atoms with van der Waals surface area (Å²) < 4.78 is 17.8. The van der Waals surface area contributed by atoms with Crippen LogP contribution in [0, 0.1) is 6.92 Å². The zero-order chi connectivity index (χ0) is 14.4. The molecule has 106 valence electrons. The second-order valence-corrected chi connectivity index (χ2v) is 6.13. The number of aryl methyl sites for hydroxylation is 1. The van der Waals surface area contributed by atoms with Gasteiger partial charge in [0.2, 0.25) is 0 Å². The van der Waals surface area contributed by atoms with E-state index in [4.69, 9.17) is 10.5 Å². The Kier molecular flexibility index (Phi) is 5.18. The molecule has 1 unspecified atom stereocenters. The van der Waals surface area contributed by atoms with Gasteiger partial charge in [-0.25, -0.2) is 0 Å². The predicted molar refractivity (Wildman–Crippen MR) is 83.4 cm³/mol. The lowest BCUT2D eigenvalue weighted by atomic mass is 10.2. The lowest BCUT2D eigenvalue weighted by Gasteiger charge is -2.08. The Labute approximate surface area is 122 Å². The second-order valence-electron chi connectivity index (χ2n) is 4.59. The van der Waals surface area contributed by atoms with Gasteiger partial charge in [-0.1, -0.05) is 24.3 Å². The lowest BCUT2D eigenvalue weighted by Crippen LogP contribution is -2.06. The number of ether oxygens (including phenoxy) is 1. The fraction of sp³-hybridized carbons (Fsp3) is 0.250. The monoisotopic (exact) mass is 289 g/mol. The molecule has 2 rings (SSSR count). The van der Waals surface area contributed by atoms with E-state index in [2.05, 4.69) is 0 Å². The first-order chi connectivity index (χ1) is 9.66. The quantitative estimate of drug-likeness (QED) is 0.656. The zero-order valence-corrected chi connectivity index (χ0v) is 12.4. The Balaban J connectivity index is 1.82. The molecule has 20 heavy (non-hydrogen) atoms. The maximum Gasteiger partial charge on any atom is 0.119 e. The first kappa shape index (κ1) is 14.6. The van der Waals surface area contributed by atoms with E-state index >= 15 is 0 Å². The van der Waals surface area contributed by atoms with Gasteiger partial charge in [0.1, 0.15) is 5.75 Å². The van der Waals surface area contributed by atoms with Crippen LogP contribution in [0.2, 0.25) is 0 Å². The van der Waals surface area contributed by atoms with E-state index in [1.54, 1.807) is 6.07 Å². The molecule has 4 heteroatoms. The summed E-state index contributed by atoms with van der Waals surface area (Å²) in [6, 6.07) is 15.2. The van der Waals surface area contributed by atoms with Crippen LogP contribution in [0.4, 0.5) is 5.69 Å². The number of hydrogen-bond acceptors (Lipinski definition) is 3. The van der Waals surface area contributed by atoms with Crippen molar-refractivity contribution in [3.8, 4) is 5.75 Å². The molecule has 0 radical (unpaired) electrons.